The number of sulfonamides is 1. The van der Waals surface area contributed by atoms with Crippen molar-refractivity contribution in [3.8, 4) is 0 Å². The van der Waals surface area contributed by atoms with Gasteiger partial charge >= 0.3 is 0 Å². The van der Waals surface area contributed by atoms with E-state index >= 15 is 0 Å². The monoisotopic (exact) mass is 299 g/mol. The summed E-state index contributed by atoms with van der Waals surface area (Å²) >= 11 is 0. The Morgan fingerprint density at radius 3 is 2.40 bits per heavy atom. The van der Waals surface area contributed by atoms with Crippen molar-refractivity contribution in [2.75, 3.05) is 17.6 Å². The average Bonchev–Trinajstić information content (AvgIpc) is 2.36. The molecule has 0 aliphatic heterocycles. The van der Waals surface area contributed by atoms with E-state index in [0.29, 0.717) is 12.1 Å². The Labute approximate surface area is 119 Å². The molecule has 0 aliphatic rings. The van der Waals surface area contributed by atoms with Gasteiger partial charge in [0.15, 0.2) is 0 Å². The largest absolute Gasteiger partial charge is 0.330 e. The van der Waals surface area contributed by atoms with Gasteiger partial charge in [-0.2, -0.15) is 0 Å². The van der Waals surface area contributed by atoms with Crippen LogP contribution < -0.4 is 15.8 Å². The highest BCUT2D eigenvalue weighted by Gasteiger charge is 2.32. The van der Waals surface area contributed by atoms with E-state index < -0.39 is 21.5 Å². The van der Waals surface area contributed by atoms with Crippen molar-refractivity contribution in [2.45, 2.75) is 25.8 Å². The number of amides is 1. The van der Waals surface area contributed by atoms with Gasteiger partial charge in [0.05, 0.1) is 5.75 Å². The van der Waals surface area contributed by atoms with Crippen LogP contribution in [-0.2, 0) is 14.8 Å². The maximum absolute atomic E-state index is 12.1. The second kappa shape index (κ2) is 6.83. The summed E-state index contributed by atoms with van der Waals surface area (Å²) in [5.41, 5.74) is 4.67. The first kappa shape index (κ1) is 16.6. The van der Waals surface area contributed by atoms with Gasteiger partial charge in [0.2, 0.25) is 15.9 Å². The van der Waals surface area contributed by atoms with Crippen molar-refractivity contribution in [2.24, 2.45) is 5.73 Å². The Bertz CT molecular complexity index is 541. The Kier molecular flexibility index (Phi) is 5.67. The normalized spacial score (nSPS) is 12.2. The van der Waals surface area contributed by atoms with E-state index in [9.17, 15) is 13.2 Å². The predicted octanol–water partition coefficient (Wildman–Crippen LogP) is 0.672. The molecule has 0 radical (unpaired) electrons. The van der Waals surface area contributed by atoms with E-state index in [4.69, 9.17) is 5.73 Å². The SMILES string of the molecule is CC(C)(NS(=O)(=O)CCCN)C(=O)Nc1ccccc1. The molecule has 1 amide bonds. The van der Waals surface area contributed by atoms with E-state index in [1.165, 1.54) is 13.8 Å². The van der Waals surface area contributed by atoms with E-state index in [-0.39, 0.29) is 12.3 Å². The van der Waals surface area contributed by atoms with Crippen LogP contribution in [0.3, 0.4) is 0 Å². The Balaban J connectivity index is 2.70. The number of benzene rings is 1. The molecule has 1 aromatic carbocycles. The topological polar surface area (TPSA) is 101 Å². The van der Waals surface area contributed by atoms with E-state index in [2.05, 4.69) is 10.0 Å². The molecular weight excluding hydrogens is 278 g/mol. The van der Waals surface area contributed by atoms with Crippen LogP contribution in [0.5, 0.6) is 0 Å². The number of hydrogen-bond acceptors (Lipinski definition) is 4. The molecule has 20 heavy (non-hydrogen) atoms. The fourth-order valence-corrected chi connectivity index (χ4v) is 3.09. The lowest BCUT2D eigenvalue weighted by atomic mass is 10.1. The minimum atomic E-state index is -3.53. The number of rotatable bonds is 7. The minimum absolute atomic E-state index is 0.0917. The molecule has 0 unspecified atom stereocenters. The highest BCUT2D eigenvalue weighted by molar-refractivity contribution is 7.89. The number of nitrogens with one attached hydrogen (secondary N) is 2. The van der Waals surface area contributed by atoms with Crippen molar-refractivity contribution < 1.29 is 13.2 Å². The third kappa shape index (κ3) is 5.28. The zero-order chi connectivity index (χ0) is 15.2. The van der Waals surface area contributed by atoms with E-state index in [1.807, 2.05) is 6.07 Å². The van der Waals surface area contributed by atoms with Gasteiger partial charge in [0.25, 0.3) is 0 Å². The third-order valence-corrected chi connectivity index (χ3v) is 4.27. The fourth-order valence-electron chi connectivity index (χ4n) is 1.57. The molecule has 1 rings (SSSR count). The first-order chi connectivity index (χ1) is 9.27. The molecule has 0 saturated heterocycles. The van der Waals surface area contributed by atoms with Crippen molar-refractivity contribution in [1.82, 2.24) is 4.72 Å². The summed E-state index contributed by atoms with van der Waals surface area (Å²) in [5, 5.41) is 2.67. The van der Waals surface area contributed by atoms with Gasteiger partial charge in [-0.25, -0.2) is 13.1 Å². The molecule has 0 bridgehead atoms. The zero-order valence-corrected chi connectivity index (χ0v) is 12.5. The summed E-state index contributed by atoms with van der Waals surface area (Å²) in [4.78, 5) is 12.1. The quantitative estimate of drug-likeness (QED) is 0.689. The second-order valence-corrected chi connectivity index (χ2v) is 6.85. The summed E-state index contributed by atoms with van der Waals surface area (Å²) in [6.45, 7) is 3.33. The van der Waals surface area contributed by atoms with Crippen LogP contribution in [0.1, 0.15) is 20.3 Å². The van der Waals surface area contributed by atoms with Crippen molar-refractivity contribution >= 4 is 21.6 Å². The van der Waals surface area contributed by atoms with Crippen molar-refractivity contribution in [3.05, 3.63) is 30.3 Å². The maximum atomic E-state index is 12.1. The number of carbonyl (C=O) groups is 1. The molecule has 7 heteroatoms. The smallest absolute Gasteiger partial charge is 0.245 e. The molecule has 0 aromatic heterocycles. The van der Waals surface area contributed by atoms with Crippen molar-refractivity contribution in [3.63, 3.8) is 0 Å². The maximum Gasteiger partial charge on any atom is 0.245 e. The standard InChI is InChI=1S/C13H21N3O3S/c1-13(2,16-20(18,19)10-6-9-14)12(17)15-11-7-4-3-5-8-11/h3-5,7-8,16H,6,9-10,14H2,1-2H3,(H,15,17). The average molecular weight is 299 g/mol. The summed E-state index contributed by atoms with van der Waals surface area (Å²) in [6, 6.07) is 8.87. The lowest BCUT2D eigenvalue weighted by Crippen LogP contribution is -2.52. The lowest BCUT2D eigenvalue weighted by Gasteiger charge is -2.24. The van der Waals surface area contributed by atoms with Gasteiger partial charge in [-0.3, -0.25) is 4.79 Å². The fraction of sp³-hybridized carbons (Fsp3) is 0.462. The van der Waals surface area contributed by atoms with Crippen LogP contribution in [0.15, 0.2) is 30.3 Å². The molecule has 0 heterocycles. The lowest BCUT2D eigenvalue weighted by molar-refractivity contribution is -0.120. The Hall–Kier alpha value is -1.44. The van der Waals surface area contributed by atoms with Crippen LogP contribution in [-0.4, -0.2) is 32.2 Å². The Morgan fingerprint density at radius 2 is 1.85 bits per heavy atom. The summed E-state index contributed by atoms with van der Waals surface area (Å²) in [7, 11) is -3.53. The Morgan fingerprint density at radius 1 is 1.25 bits per heavy atom. The minimum Gasteiger partial charge on any atom is -0.330 e. The van der Waals surface area contributed by atoms with E-state index in [0.717, 1.165) is 0 Å². The van der Waals surface area contributed by atoms with Gasteiger partial charge < -0.3 is 11.1 Å². The molecule has 4 N–H and O–H groups in total. The second-order valence-electron chi connectivity index (χ2n) is 5.01. The molecule has 0 aliphatic carbocycles. The zero-order valence-electron chi connectivity index (χ0n) is 11.7. The molecule has 6 nitrogen and oxygen atoms in total. The third-order valence-electron chi connectivity index (χ3n) is 2.63. The summed E-state index contributed by atoms with van der Waals surface area (Å²) < 4.78 is 26.0. The number of nitrogens with two attached hydrogens (primary N) is 1. The summed E-state index contributed by atoms with van der Waals surface area (Å²) in [6.07, 6.45) is 0.353. The number of para-hydroxylation sites is 1. The molecular formula is C13H21N3O3S. The first-order valence-electron chi connectivity index (χ1n) is 6.35. The van der Waals surface area contributed by atoms with Crippen LogP contribution in [0.25, 0.3) is 0 Å². The summed E-state index contributed by atoms with van der Waals surface area (Å²) in [5.74, 6) is -0.508. The van der Waals surface area contributed by atoms with Crippen molar-refractivity contribution in [1.29, 1.82) is 0 Å². The van der Waals surface area contributed by atoms with Crippen LogP contribution in [0.2, 0.25) is 0 Å². The molecule has 0 saturated carbocycles. The highest BCUT2D eigenvalue weighted by atomic mass is 32.2. The molecule has 1 aromatic rings. The number of carbonyl (C=O) groups excluding carboxylic acids is 1. The molecule has 112 valence electrons. The highest BCUT2D eigenvalue weighted by Crippen LogP contribution is 2.11. The van der Waals surface area contributed by atoms with Gasteiger partial charge in [0, 0.05) is 5.69 Å². The molecule has 0 fully saturated rings. The van der Waals surface area contributed by atoms with Crippen LogP contribution >= 0.6 is 0 Å². The van der Waals surface area contributed by atoms with Gasteiger partial charge in [-0.1, -0.05) is 18.2 Å². The number of hydrogen-bond donors (Lipinski definition) is 3. The van der Waals surface area contributed by atoms with E-state index in [1.54, 1.807) is 24.3 Å². The first-order valence-corrected chi connectivity index (χ1v) is 8.00. The van der Waals surface area contributed by atoms with Gasteiger partial charge in [0.1, 0.15) is 5.54 Å². The van der Waals surface area contributed by atoms with Gasteiger partial charge in [-0.05, 0) is 38.9 Å². The predicted molar refractivity (Wildman–Crippen MR) is 79.7 cm³/mol. The van der Waals surface area contributed by atoms with Crippen LogP contribution in [0.4, 0.5) is 5.69 Å². The molecule has 0 spiro atoms. The molecule has 0 atom stereocenters. The van der Waals surface area contributed by atoms with Gasteiger partial charge in [-0.15, -0.1) is 0 Å². The number of anilines is 1. The van der Waals surface area contributed by atoms with Crippen LogP contribution in [0, 0.1) is 0 Å².